The van der Waals surface area contributed by atoms with Crippen LogP contribution in [0.3, 0.4) is 0 Å². The molecule has 6 N–H and O–H groups in total. The molecule has 1 heterocycles. The summed E-state index contributed by atoms with van der Waals surface area (Å²) < 4.78 is 0. The lowest BCUT2D eigenvalue weighted by Gasteiger charge is -2.34. The van der Waals surface area contributed by atoms with Gasteiger partial charge in [0.25, 0.3) is 0 Å². The van der Waals surface area contributed by atoms with E-state index in [0.29, 0.717) is 18.8 Å². The number of aliphatic hydroxyl groups is 2. The lowest BCUT2D eigenvalue weighted by Crippen LogP contribution is -2.54. The Morgan fingerprint density at radius 2 is 2.04 bits per heavy atom. The van der Waals surface area contributed by atoms with E-state index in [2.05, 4.69) is 15.3 Å². The van der Waals surface area contributed by atoms with Crippen LogP contribution in [0, 0.1) is 11.8 Å². The fourth-order valence-corrected chi connectivity index (χ4v) is 3.89. The summed E-state index contributed by atoms with van der Waals surface area (Å²) in [4.78, 5) is 19.6. The molecule has 2 rings (SSSR count). The van der Waals surface area contributed by atoms with Crippen LogP contribution in [0.25, 0.3) is 0 Å². The first-order valence-electron chi connectivity index (χ1n) is 10.3. The maximum atomic E-state index is 12.6. The van der Waals surface area contributed by atoms with Crippen molar-refractivity contribution in [2.75, 3.05) is 0 Å². The van der Waals surface area contributed by atoms with Crippen LogP contribution < -0.4 is 11.1 Å². The van der Waals surface area contributed by atoms with E-state index < -0.39 is 24.3 Å². The third-order valence-corrected chi connectivity index (χ3v) is 5.95. The third kappa shape index (κ3) is 6.59. The Labute approximate surface area is 162 Å². The van der Waals surface area contributed by atoms with Gasteiger partial charge < -0.3 is 26.2 Å². The number of carbonyl (C=O) groups is 1. The molecule has 1 fully saturated rings. The molecule has 1 saturated carbocycles. The molecule has 7 heteroatoms. The summed E-state index contributed by atoms with van der Waals surface area (Å²) in [6, 6.07) is -1.23. The van der Waals surface area contributed by atoms with Crippen molar-refractivity contribution in [1.29, 1.82) is 0 Å². The highest BCUT2D eigenvalue weighted by atomic mass is 16.3. The summed E-state index contributed by atoms with van der Waals surface area (Å²) in [7, 11) is 0. The van der Waals surface area contributed by atoms with Gasteiger partial charge in [0.1, 0.15) is 6.10 Å². The van der Waals surface area contributed by atoms with Crippen molar-refractivity contribution in [3.05, 3.63) is 18.2 Å². The third-order valence-electron chi connectivity index (χ3n) is 5.95. The average molecular weight is 381 g/mol. The molecule has 0 radical (unpaired) electrons. The van der Waals surface area contributed by atoms with Crippen LogP contribution in [-0.4, -0.2) is 50.4 Å². The van der Waals surface area contributed by atoms with Crippen molar-refractivity contribution in [3.8, 4) is 0 Å². The van der Waals surface area contributed by atoms with Gasteiger partial charge in [0.05, 0.1) is 30.2 Å². The average Bonchev–Trinajstić information content (AvgIpc) is 3.19. The van der Waals surface area contributed by atoms with Crippen LogP contribution in [-0.2, 0) is 11.2 Å². The van der Waals surface area contributed by atoms with E-state index in [9.17, 15) is 15.0 Å². The van der Waals surface area contributed by atoms with Crippen molar-refractivity contribution < 1.29 is 15.0 Å². The number of nitrogens with one attached hydrogen (secondary N) is 2. The van der Waals surface area contributed by atoms with Gasteiger partial charge in [-0.1, -0.05) is 52.4 Å². The molecule has 7 nitrogen and oxygen atoms in total. The molecule has 1 unspecified atom stereocenters. The number of nitrogens with zero attached hydrogens (tertiary/aromatic N) is 1. The second-order valence-corrected chi connectivity index (χ2v) is 8.09. The summed E-state index contributed by atoms with van der Waals surface area (Å²) in [5, 5.41) is 24.2. The minimum atomic E-state index is -0.997. The lowest BCUT2D eigenvalue weighted by molar-refractivity contribution is -0.125. The Kier molecular flexibility index (Phi) is 8.73. The summed E-state index contributed by atoms with van der Waals surface area (Å²) in [5.41, 5.74) is 6.77. The highest BCUT2D eigenvalue weighted by molar-refractivity contribution is 5.82. The molecular formula is C20H36N4O3. The highest BCUT2D eigenvalue weighted by Crippen LogP contribution is 2.29. The number of nitrogens with two attached hydrogens (primary N) is 1. The van der Waals surface area contributed by atoms with Gasteiger partial charge in [-0.2, -0.15) is 0 Å². The number of aromatic amines is 1. The highest BCUT2D eigenvalue weighted by Gasteiger charge is 2.33. The van der Waals surface area contributed by atoms with Crippen LogP contribution >= 0.6 is 0 Å². The van der Waals surface area contributed by atoms with Gasteiger partial charge in [0, 0.05) is 12.6 Å². The van der Waals surface area contributed by atoms with Gasteiger partial charge in [-0.05, 0) is 18.3 Å². The van der Waals surface area contributed by atoms with Gasteiger partial charge in [-0.15, -0.1) is 0 Å². The molecule has 0 saturated heterocycles. The second-order valence-electron chi connectivity index (χ2n) is 8.09. The predicted molar refractivity (Wildman–Crippen MR) is 105 cm³/mol. The number of hydrogen-bond acceptors (Lipinski definition) is 5. The number of aromatic nitrogens is 2. The SMILES string of the molecule is CCC(C)[C@@H](O)[C@@H](O)[C@@H](CC1CCCCC1)NC(=O)[C@@H](N)Cc1c[nH]cn1. The molecule has 1 aromatic heterocycles. The number of rotatable bonds is 10. The largest absolute Gasteiger partial charge is 0.390 e. The first-order valence-corrected chi connectivity index (χ1v) is 10.3. The van der Waals surface area contributed by atoms with Gasteiger partial charge in [-0.3, -0.25) is 4.79 Å². The number of H-pyrrole nitrogens is 1. The lowest BCUT2D eigenvalue weighted by atomic mass is 9.81. The van der Waals surface area contributed by atoms with E-state index in [1.54, 1.807) is 12.5 Å². The number of aliphatic hydroxyl groups excluding tert-OH is 2. The zero-order chi connectivity index (χ0) is 19.8. The molecule has 1 aliphatic carbocycles. The number of carbonyl (C=O) groups excluding carboxylic acids is 1. The van der Waals surface area contributed by atoms with Crippen molar-refractivity contribution >= 4 is 5.91 Å². The Balaban J connectivity index is 2.01. The summed E-state index contributed by atoms with van der Waals surface area (Å²) in [6.45, 7) is 3.89. The Morgan fingerprint density at radius 1 is 1.33 bits per heavy atom. The normalized spacial score (nSPS) is 21.2. The molecule has 27 heavy (non-hydrogen) atoms. The van der Waals surface area contributed by atoms with Crippen LogP contribution in [0.15, 0.2) is 12.5 Å². The van der Waals surface area contributed by atoms with E-state index in [0.717, 1.165) is 25.0 Å². The summed E-state index contributed by atoms with van der Waals surface area (Å²) in [5.74, 6) is 0.114. The number of imidazole rings is 1. The molecule has 1 aromatic rings. The smallest absolute Gasteiger partial charge is 0.237 e. The molecule has 0 bridgehead atoms. The zero-order valence-corrected chi connectivity index (χ0v) is 16.6. The zero-order valence-electron chi connectivity index (χ0n) is 16.6. The van der Waals surface area contributed by atoms with Crippen molar-refractivity contribution in [2.45, 2.75) is 89.5 Å². The predicted octanol–water partition coefficient (Wildman–Crippen LogP) is 1.50. The summed E-state index contributed by atoms with van der Waals surface area (Å²) in [6.07, 6.45) is 9.02. The van der Waals surface area contributed by atoms with Crippen LogP contribution in [0.2, 0.25) is 0 Å². The van der Waals surface area contributed by atoms with Crippen LogP contribution in [0.5, 0.6) is 0 Å². The first kappa shape index (κ1) is 21.9. The van der Waals surface area contributed by atoms with Gasteiger partial charge in [0.2, 0.25) is 5.91 Å². The Hall–Kier alpha value is -1.44. The minimum absolute atomic E-state index is 0.0384. The summed E-state index contributed by atoms with van der Waals surface area (Å²) >= 11 is 0. The Bertz CT molecular complexity index is 545. The minimum Gasteiger partial charge on any atom is -0.390 e. The van der Waals surface area contributed by atoms with E-state index >= 15 is 0 Å². The first-order chi connectivity index (χ1) is 12.9. The topological polar surface area (TPSA) is 124 Å². The van der Waals surface area contributed by atoms with Gasteiger partial charge in [0.15, 0.2) is 0 Å². The quantitative estimate of drug-likeness (QED) is 0.421. The fourth-order valence-electron chi connectivity index (χ4n) is 3.89. The maximum absolute atomic E-state index is 12.6. The van der Waals surface area contributed by atoms with E-state index in [1.165, 1.54) is 19.3 Å². The van der Waals surface area contributed by atoms with E-state index in [1.807, 2.05) is 13.8 Å². The standard InChI is InChI=1S/C20H36N4O3/c1-3-13(2)18(25)19(26)17(9-14-7-5-4-6-8-14)24-20(27)16(21)10-15-11-22-12-23-15/h11-14,16-19,25-26H,3-10,21H2,1-2H3,(H,22,23)(H,24,27)/t13?,16-,17+,18+,19-/m0/s1. The van der Waals surface area contributed by atoms with Crippen molar-refractivity contribution in [2.24, 2.45) is 17.6 Å². The van der Waals surface area contributed by atoms with Crippen molar-refractivity contribution in [1.82, 2.24) is 15.3 Å². The maximum Gasteiger partial charge on any atom is 0.237 e. The number of hydrogen-bond donors (Lipinski definition) is 5. The van der Waals surface area contributed by atoms with Gasteiger partial charge in [-0.25, -0.2) is 4.98 Å². The molecule has 1 aliphatic rings. The molecule has 5 atom stereocenters. The fraction of sp³-hybridized carbons (Fsp3) is 0.800. The molecule has 0 aliphatic heterocycles. The van der Waals surface area contributed by atoms with E-state index in [-0.39, 0.29) is 11.8 Å². The second kappa shape index (κ2) is 10.8. The van der Waals surface area contributed by atoms with Crippen molar-refractivity contribution in [3.63, 3.8) is 0 Å². The van der Waals surface area contributed by atoms with Crippen LogP contribution in [0.4, 0.5) is 0 Å². The number of amides is 1. The monoisotopic (exact) mass is 380 g/mol. The molecule has 154 valence electrons. The molecular weight excluding hydrogens is 344 g/mol. The van der Waals surface area contributed by atoms with Crippen LogP contribution in [0.1, 0.15) is 64.5 Å². The van der Waals surface area contributed by atoms with E-state index in [4.69, 9.17) is 5.73 Å². The molecule has 0 spiro atoms. The Morgan fingerprint density at radius 3 is 2.63 bits per heavy atom. The van der Waals surface area contributed by atoms with Gasteiger partial charge >= 0.3 is 0 Å². The molecule has 1 amide bonds. The molecule has 0 aromatic carbocycles.